The molecule has 4 aromatic rings. The van der Waals surface area contributed by atoms with Crippen LogP contribution in [0.15, 0.2) is 64.2 Å². The van der Waals surface area contributed by atoms with Gasteiger partial charge in [0.25, 0.3) is 5.91 Å². The van der Waals surface area contributed by atoms with E-state index in [-0.39, 0.29) is 11.5 Å². The Kier molecular flexibility index (Phi) is 7.18. The van der Waals surface area contributed by atoms with Crippen molar-refractivity contribution in [2.24, 2.45) is 0 Å². The molecule has 0 atom stereocenters. The highest BCUT2D eigenvalue weighted by Gasteiger charge is 2.22. The molecule has 4 rings (SSSR count). The molecule has 0 aliphatic carbocycles. The molecule has 0 saturated heterocycles. The third-order valence-electron chi connectivity index (χ3n) is 4.90. The molecule has 2 heterocycles. The number of aryl methyl sites for hydroxylation is 2. The smallest absolute Gasteiger partial charge is 0.278 e. The first kappa shape index (κ1) is 23.8. The van der Waals surface area contributed by atoms with Gasteiger partial charge in [-0.25, -0.2) is 14.6 Å². The van der Waals surface area contributed by atoms with Gasteiger partial charge in [-0.2, -0.15) is 0 Å². The van der Waals surface area contributed by atoms with E-state index in [0.717, 1.165) is 21.5 Å². The van der Waals surface area contributed by atoms with Crippen LogP contribution in [0.2, 0.25) is 0 Å². The maximum absolute atomic E-state index is 13.1. The van der Waals surface area contributed by atoms with Crippen molar-refractivity contribution in [1.29, 1.82) is 0 Å². The Hall–Kier alpha value is -3.37. The van der Waals surface area contributed by atoms with Gasteiger partial charge in [-0.05, 0) is 75.4 Å². The van der Waals surface area contributed by atoms with E-state index in [9.17, 15) is 9.59 Å². The molecular formula is C24H21BrN6O2S. The zero-order valence-corrected chi connectivity index (χ0v) is 21.1. The molecule has 0 unspecified atom stereocenters. The molecular weight excluding hydrogens is 516 g/mol. The highest BCUT2D eigenvalue weighted by Crippen LogP contribution is 2.25. The number of halogens is 1. The quantitative estimate of drug-likeness (QED) is 0.197. The van der Waals surface area contributed by atoms with Gasteiger partial charge in [-0.15, -0.1) is 5.10 Å². The van der Waals surface area contributed by atoms with Crippen molar-refractivity contribution in [2.45, 2.75) is 31.7 Å². The lowest BCUT2D eigenvalue weighted by Gasteiger charge is -2.09. The number of hydrogen-bond acceptors (Lipinski definition) is 7. The average Bonchev–Trinajstić information content (AvgIpc) is 3.22. The van der Waals surface area contributed by atoms with Crippen molar-refractivity contribution in [2.75, 3.05) is 5.32 Å². The van der Waals surface area contributed by atoms with Crippen molar-refractivity contribution in [3.8, 4) is 5.69 Å². The molecule has 0 spiro atoms. The van der Waals surface area contributed by atoms with E-state index in [4.69, 9.17) is 0 Å². The molecule has 0 saturated carbocycles. The fourth-order valence-electron chi connectivity index (χ4n) is 3.27. The molecule has 0 aliphatic heterocycles. The number of carbonyl (C=O) groups excluding carboxylic acids is 2. The van der Waals surface area contributed by atoms with Crippen LogP contribution < -0.4 is 5.32 Å². The summed E-state index contributed by atoms with van der Waals surface area (Å²) in [5.41, 5.74) is 4.48. The second-order valence-corrected chi connectivity index (χ2v) is 9.44. The number of ketones is 1. The number of nitrogens with one attached hydrogen (secondary N) is 1. The fourth-order valence-corrected chi connectivity index (χ4v) is 4.47. The van der Waals surface area contributed by atoms with Crippen LogP contribution in [-0.2, 0) is 5.75 Å². The molecule has 10 heteroatoms. The van der Waals surface area contributed by atoms with Crippen molar-refractivity contribution in [1.82, 2.24) is 25.0 Å². The first-order valence-corrected chi connectivity index (χ1v) is 12.2. The van der Waals surface area contributed by atoms with E-state index in [2.05, 4.69) is 41.5 Å². The third-order valence-corrected chi connectivity index (χ3v) is 6.29. The van der Waals surface area contributed by atoms with E-state index in [1.165, 1.54) is 18.7 Å². The Bertz CT molecular complexity index is 1330. The van der Waals surface area contributed by atoms with Gasteiger partial charge < -0.3 is 5.32 Å². The lowest BCUT2D eigenvalue weighted by Crippen LogP contribution is -2.15. The van der Waals surface area contributed by atoms with Crippen LogP contribution in [0.4, 0.5) is 5.69 Å². The predicted octanol–water partition coefficient (Wildman–Crippen LogP) is 5.18. The first-order chi connectivity index (χ1) is 16.3. The van der Waals surface area contributed by atoms with E-state index >= 15 is 0 Å². The number of hydrogen-bond donors (Lipinski definition) is 1. The average molecular weight is 537 g/mol. The Morgan fingerprint density at radius 2 is 1.65 bits per heavy atom. The van der Waals surface area contributed by atoms with Crippen molar-refractivity contribution >= 4 is 45.1 Å². The minimum Gasteiger partial charge on any atom is -0.321 e. The number of anilines is 1. The second kappa shape index (κ2) is 10.3. The highest BCUT2D eigenvalue weighted by molar-refractivity contribution is 9.10. The van der Waals surface area contributed by atoms with Crippen LogP contribution in [0.3, 0.4) is 0 Å². The summed E-state index contributed by atoms with van der Waals surface area (Å²) >= 11 is 4.85. The summed E-state index contributed by atoms with van der Waals surface area (Å²) in [4.78, 5) is 33.6. The van der Waals surface area contributed by atoms with Gasteiger partial charge in [-0.3, -0.25) is 9.59 Å². The summed E-state index contributed by atoms with van der Waals surface area (Å²) in [5, 5.41) is 11.9. The molecule has 2 aromatic heterocycles. The number of carbonyl (C=O) groups is 2. The molecule has 34 heavy (non-hydrogen) atoms. The number of benzene rings is 2. The Labute approximate surface area is 209 Å². The zero-order chi connectivity index (χ0) is 24.2. The van der Waals surface area contributed by atoms with Crippen LogP contribution in [0.1, 0.15) is 44.9 Å². The number of rotatable bonds is 7. The molecule has 172 valence electrons. The summed E-state index contributed by atoms with van der Waals surface area (Å²) in [6.07, 6.45) is 0. The van der Waals surface area contributed by atoms with Gasteiger partial charge >= 0.3 is 0 Å². The standard InChI is InChI=1S/C24H21BrN6O2S/c1-14-12-15(2)27-24(26-14)34-13-21-22(29-30-31(21)20-10-6-18(25)7-11-20)23(33)28-19-8-4-17(5-9-19)16(3)32/h4-12H,13H2,1-3H3,(H,28,33). The summed E-state index contributed by atoms with van der Waals surface area (Å²) < 4.78 is 2.58. The normalized spacial score (nSPS) is 10.8. The fraction of sp³-hybridized carbons (Fsp3) is 0.167. The van der Waals surface area contributed by atoms with Crippen LogP contribution in [0, 0.1) is 13.8 Å². The molecule has 1 amide bonds. The van der Waals surface area contributed by atoms with E-state index < -0.39 is 5.91 Å². The molecule has 0 aliphatic rings. The van der Waals surface area contributed by atoms with Gasteiger partial charge in [0.2, 0.25) is 0 Å². The van der Waals surface area contributed by atoms with Crippen LogP contribution in [0.25, 0.3) is 5.69 Å². The summed E-state index contributed by atoms with van der Waals surface area (Å²) in [7, 11) is 0. The Balaban J connectivity index is 1.64. The van der Waals surface area contributed by atoms with Crippen molar-refractivity contribution in [3.63, 3.8) is 0 Å². The third kappa shape index (κ3) is 5.57. The van der Waals surface area contributed by atoms with Crippen LogP contribution in [0.5, 0.6) is 0 Å². The van der Waals surface area contributed by atoms with E-state index in [1.807, 2.05) is 44.2 Å². The highest BCUT2D eigenvalue weighted by atomic mass is 79.9. The van der Waals surface area contributed by atoms with Gasteiger partial charge in [0.1, 0.15) is 0 Å². The number of thioether (sulfide) groups is 1. The Morgan fingerprint density at radius 3 is 2.26 bits per heavy atom. The minimum absolute atomic E-state index is 0.0387. The van der Waals surface area contributed by atoms with Gasteiger partial charge in [0.15, 0.2) is 16.6 Å². The maximum Gasteiger partial charge on any atom is 0.278 e. The van der Waals surface area contributed by atoms with Gasteiger partial charge in [0, 0.05) is 32.9 Å². The lowest BCUT2D eigenvalue weighted by molar-refractivity contribution is 0.101. The molecule has 2 aromatic carbocycles. The first-order valence-electron chi connectivity index (χ1n) is 10.4. The summed E-state index contributed by atoms with van der Waals surface area (Å²) in [5.74, 6) is -0.0445. The largest absolute Gasteiger partial charge is 0.321 e. The van der Waals surface area contributed by atoms with Gasteiger partial charge in [0.05, 0.1) is 11.4 Å². The van der Waals surface area contributed by atoms with Gasteiger partial charge in [-0.1, -0.05) is 32.9 Å². The van der Waals surface area contributed by atoms with Crippen molar-refractivity contribution < 1.29 is 9.59 Å². The van der Waals surface area contributed by atoms with Crippen LogP contribution >= 0.6 is 27.7 Å². The van der Waals surface area contributed by atoms with E-state index in [1.54, 1.807) is 28.9 Å². The maximum atomic E-state index is 13.1. The molecule has 0 radical (unpaired) electrons. The SMILES string of the molecule is CC(=O)c1ccc(NC(=O)c2nnn(-c3ccc(Br)cc3)c2CSc2nc(C)cc(C)n2)cc1. The second-order valence-electron chi connectivity index (χ2n) is 7.58. The number of nitrogens with zero attached hydrogens (tertiary/aromatic N) is 5. The zero-order valence-electron chi connectivity index (χ0n) is 18.7. The minimum atomic E-state index is -0.393. The predicted molar refractivity (Wildman–Crippen MR) is 135 cm³/mol. The molecule has 1 N–H and O–H groups in total. The number of aromatic nitrogens is 5. The topological polar surface area (TPSA) is 103 Å². The lowest BCUT2D eigenvalue weighted by atomic mass is 10.1. The number of Topliss-reactive ketones (excluding diaryl/α,β-unsaturated/α-hetero) is 1. The molecule has 0 fully saturated rings. The Morgan fingerprint density at radius 1 is 1.00 bits per heavy atom. The molecule has 0 bridgehead atoms. The summed E-state index contributed by atoms with van der Waals surface area (Å²) in [6.45, 7) is 5.34. The molecule has 8 nitrogen and oxygen atoms in total. The number of amides is 1. The van der Waals surface area contributed by atoms with Crippen molar-refractivity contribution in [3.05, 3.63) is 87.4 Å². The van der Waals surface area contributed by atoms with Crippen LogP contribution in [-0.4, -0.2) is 36.7 Å². The van der Waals surface area contributed by atoms with E-state index in [0.29, 0.717) is 27.9 Å². The summed E-state index contributed by atoms with van der Waals surface area (Å²) in [6, 6.07) is 16.2. The monoisotopic (exact) mass is 536 g/mol.